The van der Waals surface area contributed by atoms with Gasteiger partial charge in [0.1, 0.15) is 42.3 Å². The topological polar surface area (TPSA) is 167 Å². The molecule has 1 aliphatic heterocycles. The van der Waals surface area contributed by atoms with Gasteiger partial charge in [-0.3, -0.25) is 14.4 Å². The average molecular weight is 478 g/mol. The van der Waals surface area contributed by atoms with E-state index in [4.69, 9.17) is 19.9 Å². The van der Waals surface area contributed by atoms with Crippen molar-refractivity contribution in [2.75, 3.05) is 11.9 Å². The third-order valence-electron chi connectivity index (χ3n) is 5.83. The van der Waals surface area contributed by atoms with Gasteiger partial charge in [0, 0.05) is 13.3 Å². The Morgan fingerprint density at radius 3 is 2.68 bits per heavy atom. The molecule has 186 valence electrons. The van der Waals surface area contributed by atoms with Crippen molar-refractivity contribution in [1.29, 1.82) is 0 Å². The number of esters is 2. The molecule has 34 heavy (non-hydrogen) atoms. The normalized spacial score (nSPS) is 25.4. The standard InChI is InChI=1S/C22H31N5O7/c1-6-16(29)33-18-14(9-32-21(31)17(23)11(2)3)34-22(5,19(18)30)15-8-7-13-20(26-12(4)28)24-10-25-27(13)15/h7-8,10-11,14,17-19,30H,6,9,23H2,1-5H3,(H,24,25,26,28)/t14-,17+,18-,19-,22+/m1/s1. The van der Waals surface area contributed by atoms with E-state index in [1.165, 1.54) is 17.8 Å². The molecule has 5 atom stereocenters. The Balaban J connectivity index is 1.94. The number of carbonyl (C=O) groups is 3. The zero-order valence-corrected chi connectivity index (χ0v) is 19.8. The molecule has 0 radical (unpaired) electrons. The average Bonchev–Trinajstić information content (AvgIpc) is 3.33. The predicted octanol–water partition coefficient (Wildman–Crippen LogP) is 0.511. The lowest BCUT2D eigenvalue weighted by Crippen LogP contribution is -2.43. The molecule has 1 amide bonds. The van der Waals surface area contributed by atoms with Crippen molar-refractivity contribution < 1.29 is 33.7 Å². The number of hydrogen-bond acceptors (Lipinski definition) is 10. The van der Waals surface area contributed by atoms with E-state index in [-0.39, 0.29) is 30.7 Å². The van der Waals surface area contributed by atoms with Crippen molar-refractivity contribution in [1.82, 2.24) is 14.6 Å². The van der Waals surface area contributed by atoms with E-state index in [9.17, 15) is 19.5 Å². The molecule has 3 rings (SSSR count). The van der Waals surface area contributed by atoms with Gasteiger partial charge in [0.15, 0.2) is 11.9 Å². The minimum absolute atomic E-state index is 0.0893. The molecular weight excluding hydrogens is 446 g/mol. The lowest BCUT2D eigenvalue weighted by molar-refractivity contribution is -0.161. The summed E-state index contributed by atoms with van der Waals surface area (Å²) in [5.41, 5.74) is 5.36. The molecule has 0 aromatic carbocycles. The maximum Gasteiger partial charge on any atom is 0.323 e. The summed E-state index contributed by atoms with van der Waals surface area (Å²) < 4.78 is 18.4. The summed E-state index contributed by atoms with van der Waals surface area (Å²) in [6, 6.07) is 2.51. The van der Waals surface area contributed by atoms with Crippen LogP contribution < -0.4 is 11.1 Å². The zero-order chi connectivity index (χ0) is 25.2. The molecule has 0 bridgehead atoms. The van der Waals surface area contributed by atoms with Gasteiger partial charge < -0.3 is 30.4 Å². The first kappa shape index (κ1) is 25.5. The number of nitrogens with zero attached hydrogens (tertiary/aromatic N) is 3. The van der Waals surface area contributed by atoms with Crippen LogP contribution in [0.4, 0.5) is 5.82 Å². The Hall–Kier alpha value is -3.09. The lowest BCUT2D eigenvalue weighted by atomic mass is 9.93. The minimum Gasteiger partial charge on any atom is -0.462 e. The van der Waals surface area contributed by atoms with E-state index in [0.29, 0.717) is 11.2 Å². The van der Waals surface area contributed by atoms with Crippen LogP contribution in [0.5, 0.6) is 0 Å². The third-order valence-corrected chi connectivity index (χ3v) is 5.83. The smallest absolute Gasteiger partial charge is 0.323 e. The number of carbonyl (C=O) groups excluding carboxylic acids is 3. The quantitative estimate of drug-likeness (QED) is 0.456. The molecule has 4 N–H and O–H groups in total. The molecule has 2 aromatic rings. The first-order valence-corrected chi connectivity index (χ1v) is 11.1. The SMILES string of the molecule is CCC(=O)O[C@H]1[C@@H](O)[C@](C)(c2ccc3c(NC(C)=O)ncnn23)O[C@@H]1COC(=O)[C@@H](N)C(C)C. The first-order valence-electron chi connectivity index (χ1n) is 11.1. The Kier molecular flexibility index (Phi) is 7.54. The van der Waals surface area contributed by atoms with Gasteiger partial charge in [0.2, 0.25) is 5.91 Å². The van der Waals surface area contributed by atoms with E-state index in [1.807, 2.05) is 0 Å². The summed E-state index contributed by atoms with van der Waals surface area (Å²) in [5.74, 6) is -1.32. The van der Waals surface area contributed by atoms with Crippen molar-refractivity contribution >= 4 is 29.2 Å². The Morgan fingerprint density at radius 2 is 2.06 bits per heavy atom. The van der Waals surface area contributed by atoms with E-state index in [2.05, 4.69) is 15.4 Å². The Labute approximate surface area is 196 Å². The molecule has 0 unspecified atom stereocenters. The predicted molar refractivity (Wildman–Crippen MR) is 119 cm³/mol. The number of amides is 1. The Bertz CT molecular complexity index is 1070. The second-order valence-electron chi connectivity index (χ2n) is 8.72. The summed E-state index contributed by atoms with van der Waals surface area (Å²) >= 11 is 0. The fraction of sp³-hybridized carbons (Fsp3) is 0.591. The third kappa shape index (κ3) is 4.88. The van der Waals surface area contributed by atoms with E-state index in [0.717, 1.165) is 0 Å². The molecule has 0 aliphatic carbocycles. The number of aromatic nitrogens is 3. The first-order chi connectivity index (χ1) is 16.0. The maximum absolute atomic E-state index is 12.3. The molecule has 12 heteroatoms. The number of hydrogen-bond donors (Lipinski definition) is 3. The molecule has 1 aliphatic rings. The van der Waals surface area contributed by atoms with Gasteiger partial charge >= 0.3 is 11.9 Å². The highest BCUT2D eigenvalue weighted by molar-refractivity contribution is 5.91. The van der Waals surface area contributed by atoms with Crippen molar-refractivity contribution in [2.45, 2.75) is 71.0 Å². The molecule has 0 spiro atoms. The number of nitrogens with one attached hydrogen (secondary N) is 1. The van der Waals surface area contributed by atoms with Crippen molar-refractivity contribution in [3.8, 4) is 0 Å². The second kappa shape index (κ2) is 10.0. The van der Waals surface area contributed by atoms with Crippen LogP contribution in [-0.4, -0.2) is 68.5 Å². The largest absolute Gasteiger partial charge is 0.462 e. The van der Waals surface area contributed by atoms with Crippen LogP contribution in [0, 0.1) is 5.92 Å². The molecule has 0 saturated carbocycles. The van der Waals surface area contributed by atoms with Crippen LogP contribution in [0.15, 0.2) is 18.5 Å². The van der Waals surface area contributed by atoms with Gasteiger partial charge in [-0.2, -0.15) is 5.10 Å². The van der Waals surface area contributed by atoms with Gasteiger partial charge in [0.05, 0.1) is 5.69 Å². The fourth-order valence-corrected chi connectivity index (χ4v) is 3.79. The number of anilines is 1. The van der Waals surface area contributed by atoms with Crippen LogP contribution in [-0.2, 0) is 34.2 Å². The summed E-state index contributed by atoms with van der Waals surface area (Å²) in [6.07, 6.45) is -2.04. The van der Waals surface area contributed by atoms with Gasteiger partial charge in [0.25, 0.3) is 0 Å². The van der Waals surface area contributed by atoms with Crippen molar-refractivity contribution in [2.24, 2.45) is 11.7 Å². The number of fused-ring (bicyclic) bond motifs is 1. The van der Waals surface area contributed by atoms with Gasteiger partial charge in [-0.25, -0.2) is 9.50 Å². The molecule has 12 nitrogen and oxygen atoms in total. The van der Waals surface area contributed by atoms with Crippen LogP contribution in [0.2, 0.25) is 0 Å². The highest BCUT2D eigenvalue weighted by atomic mass is 16.6. The molecular formula is C22H31N5O7. The molecule has 3 heterocycles. The summed E-state index contributed by atoms with van der Waals surface area (Å²) in [7, 11) is 0. The van der Waals surface area contributed by atoms with Crippen molar-refractivity contribution in [3.05, 3.63) is 24.2 Å². The number of aliphatic hydroxyl groups is 1. The van der Waals surface area contributed by atoms with E-state index < -0.39 is 41.9 Å². The minimum atomic E-state index is -1.40. The van der Waals surface area contributed by atoms with Gasteiger partial charge in [-0.15, -0.1) is 0 Å². The number of nitrogens with two attached hydrogens (primary N) is 1. The van der Waals surface area contributed by atoms with E-state index >= 15 is 0 Å². The van der Waals surface area contributed by atoms with Crippen LogP contribution in [0.25, 0.3) is 5.52 Å². The highest BCUT2D eigenvalue weighted by Gasteiger charge is 2.56. The van der Waals surface area contributed by atoms with Crippen LogP contribution >= 0.6 is 0 Å². The summed E-state index contributed by atoms with van der Waals surface area (Å²) in [6.45, 7) is 7.91. The highest BCUT2D eigenvalue weighted by Crippen LogP contribution is 2.42. The lowest BCUT2D eigenvalue weighted by Gasteiger charge is -2.27. The fourth-order valence-electron chi connectivity index (χ4n) is 3.79. The van der Waals surface area contributed by atoms with Gasteiger partial charge in [-0.05, 0) is 25.0 Å². The monoisotopic (exact) mass is 477 g/mol. The molecule has 2 aromatic heterocycles. The Morgan fingerprint density at radius 1 is 1.35 bits per heavy atom. The number of rotatable bonds is 8. The summed E-state index contributed by atoms with van der Waals surface area (Å²) in [5, 5.41) is 18.1. The number of aliphatic hydroxyl groups excluding tert-OH is 1. The van der Waals surface area contributed by atoms with Crippen molar-refractivity contribution in [3.63, 3.8) is 0 Å². The molecule has 1 saturated heterocycles. The number of ether oxygens (including phenoxy) is 3. The maximum atomic E-state index is 12.3. The van der Waals surface area contributed by atoms with E-state index in [1.54, 1.807) is 39.8 Å². The zero-order valence-electron chi connectivity index (χ0n) is 19.8. The van der Waals surface area contributed by atoms with Crippen LogP contribution in [0.3, 0.4) is 0 Å². The van der Waals surface area contributed by atoms with Crippen LogP contribution in [0.1, 0.15) is 46.7 Å². The second-order valence-corrected chi connectivity index (χ2v) is 8.72. The van der Waals surface area contributed by atoms with Gasteiger partial charge in [-0.1, -0.05) is 20.8 Å². The molecule has 1 fully saturated rings. The summed E-state index contributed by atoms with van der Waals surface area (Å²) in [4.78, 5) is 39.9.